The molecule has 0 unspecified atom stereocenters. The molecule has 0 aliphatic heterocycles. The molecule has 2 N–H and O–H groups in total. The molecule has 40 valence electrons. The number of carbonyl (C=O) groups is 1. The molecule has 0 bridgehead atoms. The highest BCUT2D eigenvalue weighted by molar-refractivity contribution is 5.80. The van der Waals surface area contributed by atoms with E-state index in [2.05, 4.69) is 11.7 Å². The Balaban J connectivity index is 3.17. The van der Waals surface area contributed by atoms with Crippen LogP contribution in [-0.2, 0) is 4.79 Å². The van der Waals surface area contributed by atoms with Gasteiger partial charge in [-0.05, 0) is 6.72 Å². The minimum atomic E-state index is -0.234. The quantitative estimate of drug-likeness (QED) is 0.478. The maximum Gasteiger partial charge on any atom is 0.246 e. The Morgan fingerprint density at radius 2 is 2.43 bits per heavy atom. The summed E-state index contributed by atoms with van der Waals surface area (Å²) in [6.07, 6.45) is 0.309. The molecule has 3 nitrogen and oxygen atoms in total. The fourth-order valence-electron chi connectivity index (χ4n) is 0.203. The Morgan fingerprint density at radius 1 is 1.86 bits per heavy atom. The maximum absolute atomic E-state index is 10.1. The van der Waals surface area contributed by atoms with Crippen LogP contribution >= 0.6 is 0 Å². The van der Waals surface area contributed by atoms with Crippen molar-refractivity contribution in [3.63, 3.8) is 0 Å². The molecule has 0 atom stereocenters. The number of aliphatic imine (C=N–C) groups is 1. The van der Waals surface area contributed by atoms with E-state index in [1.165, 1.54) is 0 Å². The van der Waals surface area contributed by atoms with Gasteiger partial charge in [0.25, 0.3) is 0 Å². The van der Waals surface area contributed by atoms with Crippen LogP contribution in [0.3, 0.4) is 0 Å². The van der Waals surface area contributed by atoms with Crippen molar-refractivity contribution in [3.05, 3.63) is 0 Å². The number of hydrogen-bond acceptors (Lipinski definition) is 2. The number of rotatable bonds is 2. The fourth-order valence-corrected chi connectivity index (χ4v) is 0.203. The van der Waals surface area contributed by atoms with Crippen LogP contribution in [0.4, 0.5) is 0 Å². The molecule has 0 saturated heterocycles. The van der Waals surface area contributed by atoms with E-state index in [0.29, 0.717) is 13.0 Å². The summed E-state index contributed by atoms with van der Waals surface area (Å²) in [5.74, 6) is -0.234. The van der Waals surface area contributed by atoms with E-state index in [4.69, 9.17) is 5.73 Å². The molecule has 0 spiro atoms. The number of carbonyl (C=O) groups excluding carboxylic acids is 1. The van der Waals surface area contributed by atoms with Crippen molar-refractivity contribution in [3.8, 4) is 0 Å². The van der Waals surface area contributed by atoms with Crippen molar-refractivity contribution in [2.24, 2.45) is 10.7 Å². The third-order valence-corrected chi connectivity index (χ3v) is 0.535. The summed E-state index contributed by atoms with van der Waals surface area (Å²) >= 11 is 0. The fraction of sp³-hybridized carbons (Fsp3) is 0.500. The van der Waals surface area contributed by atoms with Gasteiger partial charge < -0.3 is 5.73 Å². The van der Waals surface area contributed by atoms with Gasteiger partial charge in [-0.3, -0.25) is 4.79 Å². The van der Waals surface area contributed by atoms with Gasteiger partial charge in [-0.1, -0.05) is 0 Å². The van der Waals surface area contributed by atoms with Crippen molar-refractivity contribution in [2.75, 3.05) is 6.54 Å². The lowest BCUT2D eigenvalue weighted by atomic mass is 10.4. The summed E-state index contributed by atoms with van der Waals surface area (Å²) in [5, 5.41) is 0. The molecule has 0 aromatic rings. The van der Waals surface area contributed by atoms with Gasteiger partial charge in [-0.2, -0.15) is 0 Å². The van der Waals surface area contributed by atoms with Crippen molar-refractivity contribution in [1.29, 1.82) is 0 Å². The average Bonchev–Trinajstić information content (AvgIpc) is 1.68. The lowest BCUT2D eigenvalue weighted by Gasteiger charge is -1.83. The molecule has 0 heterocycles. The molecular formula is C4H8N2O. The predicted octanol–water partition coefficient (Wildman–Crippen LogP) is -0.438. The maximum atomic E-state index is 10.1. The summed E-state index contributed by atoms with van der Waals surface area (Å²) in [6, 6.07) is 0. The third-order valence-electron chi connectivity index (χ3n) is 0.535. The molecule has 0 radical (unpaired) electrons. The average molecular weight is 100 g/mol. The number of nitrogens with zero attached hydrogens (tertiary/aromatic N) is 1. The first kappa shape index (κ1) is 6.30. The van der Waals surface area contributed by atoms with Gasteiger partial charge in [-0.15, -0.1) is 0 Å². The van der Waals surface area contributed by atoms with Gasteiger partial charge in [0.2, 0.25) is 5.91 Å². The van der Waals surface area contributed by atoms with Gasteiger partial charge in [0.05, 0.1) is 0 Å². The van der Waals surface area contributed by atoms with Crippen LogP contribution in [-0.4, -0.2) is 19.2 Å². The van der Waals surface area contributed by atoms with E-state index < -0.39 is 0 Å². The number of amides is 1. The molecule has 0 saturated carbocycles. The van der Waals surface area contributed by atoms with Crippen LogP contribution < -0.4 is 5.73 Å². The summed E-state index contributed by atoms with van der Waals surface area (Å²) in [5.41, 5.74) is 5.00. The number of nitrogens with two attached hydrogens (primary N) is 1. The van der Waals surface area contributed by atoms with Crippen LogP contribution in [0.15, 0.2) is 4.99 Å². The standard InChI is InChI=1S/C4H8N2O/c1-6-4(7)2-3-5/h1-3,5H2. The van der Waals surface area contributed by atoms with Crippen molar-refractivity contribution in [1.82, 2.24) is 0 Å². The van der Waals surface area contributed by atoms with E-state index in [1.54, 1.807) is 0 Å². The molecule has 0 rings (SSSR count). The zero-order valence-electron chi connectivity index (χ0n) is 4.05. The normalized spacial score (nSPS) is 8.14. The Labute approximate surface area is 42.2 Å². The highest BCUT2D eigenvalue weighted by atomic mass is 16.1. The second-order valence-electron chi connectivity index (χ2n) is 1.09. The van der Waals surface area contributed by atoms with E-state index in [0.717, 1.165) is 0 Å². The Bertz CT molecular complexity index is 79.8. The van der Waals surface area contributed by atoms with Crippen molar-refractivity contribution >= 4 is 12.6 Å². The Morgan fingerprint density at radius 3 is 2.57 bits per heavy atom. The molecule has 0 fully saturated rings. The highest BCUT2D eigenvalue weighted by Gasteiger charge is 1.89. The van der Waals surface area contributed by atoms with Crippen LogP contribution in [0.25, 0.3) is 0 Å². The Hall–Kier alpha value is -0.700. The summed E-state index contributed by atoms with van der Waals surface area (Å²) < 4.78 is 0. The van der Waals surface area contributed by atoms with Crippen LogP contribution in [0, 0.1) is 0 Å². The van der Waals surface area contributed by atoms with Gasteiger partial charge in [0, 0.05) is 13.0 Å². The van der Waals surface area contributed by atoms with Gasteiger partial charge in [-0.25, -0.2) is 4.99 Å². The second-order valence-corrected chi connectivity index (χ2v) is 1.09. The zero-order valence-corrected chi connectivity index (χ0v) is 4.05. The first-order chi connectivity index (χ1) is 3.31. The number of hydrogen-bond donors (Lipinski definition) is 1. The van der Waals surface area contributed by atoms with E-state index in [9.17, 15) is 4.79 Å². The third kappa shape index (κ3) is 3.12. The van der Waals surface area contributed by atoms with E-state index in [-0.39, 0.29) is 5.91 Å². The Kier molecular flexibility index (Phi) is 3.14. The monoisotopic (exact) mass is 100 g/mol. The van der Waals surface area contributed by atoms with Crippen LogP contribution in [0.5, 0.6) is 0 Å². The molecule has 0 aliphatic rings. The lowest BCUT2D eigenvalue weighted by molar-refractivity contribution is -0.117. The van der Waals surface area contributed by atoms with Gasteiger partial charge in [0.1, 0.15) is 0 Å². The highest BCUT2D eigenvalue weighted by Crippen LogP contribution is 1.76. The first-order valence-electron chi connectivity index (χ1n) is 2.01. The minimum Gasteiger partial charge on any atom is -0.330 e. The largest absolute Gasteiger partial charge is 0.330 e. The van der Waals surface area contributed by atoms with E-state index in [1.807, 2.05) is 0 Å². The van der Waals surface area contributed by atoms with Crippen LogP contribution in [0.2, 0.25) is 0 Å². The summed E-state index contributed by atoms with van der Waals surface area (Å²) in [4.78, 5) is 13.2. The summed E-state index contributed by atoms with van der Waals surface area (Å²) in [7, 11) is 0. The molecule has 0 aromatic carbocycles. The van der Waals surface area contributed by atoms with Crippen molar-refractivity contribution < 1.29 is 4.79 Å². The molecule has 1 amide bonds. The molecule has 7 heavy (non-hydrogen) atoms. The van der Waals surface area contributed by atoms with Crippen LogP contribution in [0.1, 0.15) is 6.42 Å². The van der Waals surface area contributed by atoms with Gasteiger partial charge >= 0.3 is 0 Å². The summed E-state index contributed by atoms with van der Waals surface area (Å²) in [6.45, 7) is 3.38. The molecule has 0 aliphatic carbocycles. The SMILES string of the molecule is C=NC(=O)CCN. The zero-order chi connectivity index (χ0) is 5.70. The molecular weight excluding hydrogens is 92.1 g/mol. The molecule has 0 aromatic heterocycles. The smallest absolute Gasteiger partial charge is 0.246 e. The van der Waals surface area contributed by atoms with E-state index >= 15 is 0 Å². The topological polar surface area (TPSA) is 55.5 Å². The lowest BCUT2D eigenvalue weighted by Crippen LogP contribution is -2.04. The molecule has 3 heteroatoms. The minimum absolute atomic E-state index is 0.234. The van der Waals surface area contributed by atoms with Gasteiger partial charge in [0.15, 0.2) is 0 Å². The predicted molar refractivity (Wildman–Crippen MR) is 28.2 cm³/mol. The van der Waals surface area contributed by atoms with Crippen molar-refractivity contribution in [2.45, 2.75) is 6.42 Å². The second kappa shape index (κ2) is 3.49. The first-order valence-corrected chi connectivity index (χ1v) is 2.01.